The van der Waals surface area contributed by atoms with Gasteiger partial charge in [-0.1, -0.05) is 18.2 Å². The summed E-state index contributed by atoms with van der Waals surface area (Å²) in [5.41, 5.74) is 9.63. The van der Waals surface area contributed by atoms with E-state index in [-0.39, 0.29) is 12.2 Å². The molecule has 0 bridgehead atoms. The first-order valence-electron chi connectivity index (χ1n) is 8.89. The molecule has 4 rings (SSSR count). The fourth-order valence-corrected chi connectivity index (χ4v) is 3.12. The van der Waals surface area contributed by atoms with E-state index < -0.39 is 5.82 Å². The molecule has 2 aromatic heterocycles. The Balaban J connectivity index is 1.76. The fraction of sp³-hybridized carbons (Fsp3) is 0.0952. The van der Waals surface area contributed by atoms with Gasteiger partial charge in [-0.05, 0) is 29.8 Å². The number of anilines is 1. The number of nitrogens with zero attached hydrogens (tertiary/aromatic N) is 5. The van der Waals surface area contributed by atoms with E-state index in [4.69, 9.17) is 16.1 Å². The molecule has 144 valence electrons. The van der Waals surface area contributed by atoms with Gasteiger partial charge in [-0.25, -0.2) is 9.07 Å². The Hall–Kier alpha value is -3.96. The summed E-state index contributed by atoms with van der Waals surface area (Å²) in [5.74, 6) is -0.299. The van der Waals surface area contributed by atoms with Gasteiger partial charge in [0.1, 0.15) is 17.7 Å². The van der Waals surface area contributed by atoms with Gasteiger partial charge in [0, 0.05) is 23.4 Å². The summed E-state index contributed by atoms with van der Waals surface area (Å²) in [5, 5.41) is 26.6. The first kappa shape index (κ1) is 18.4. The molecule has 0 spiro atoms. The normalized spacial score (nSPS) is 10.8. The lowest BCUT2D eigenvalue weighted by molar-refractivity contribution is 0.269. The van der Waals surface area contributed by atoms with Crippen molar-refractivity contribution in [2.24, 2.45) is 0 Å². The van der Waals surface area contributed by atoms with Crippen molar-refractivity contribution in [3.8, 4) is 34.1 Å². The Kier molecular flexibility index (Phi) is 4.81. The van der Waals surface area contributed by atoms with Gasteiger partial charge in [-0.3, -0.25) is 4.68 Å². The molecule has 7 nitrogen and oxygen atoms in total. The second-order valence-corrected chi connectivity index (χ2v) is 6.44. The predicted octanol–water partition coefficient (Wildman–Crippen LogP) is 2.99. The van der Waals surface area contributed by atoms with Gasteiger partial charge >= 0.3 is 0 Å². The van der Waals surface area contributed by atoms with Gasteiger partial charge in [0.2, 0.25) is 0 Å². The minimum atomic E-state index is -0.596. The van der Waals surface area contributed by atoms with Crippen LogP contribution in [0.5, 0.6) is 0 Å². The predicted molar refractivity (Wildman–Crippen MR) is 106 cm³/mol. The second-order valence-electron chi connectivity index (χ2n) is 6.44. The average molecular weight is 388 g/mol. The molecular weight excluding hydrogens is 371 g/mol. The van der Waals surface area contributed by atoms with Crippen LogP contribution >= 0.6 is 0 Å². The van der Waals surface area contributed by atoms with E-state index in [1.807, 2.05) is 36.5 Å². The van der Waals surface area contributed by atoms with Crippen LogP contribution in [0.1, 0.15) is 5.56 Å². The molecule has 0 aliphatic carbocycles. The lowest BCUT2D eigenvalue weighted by atomic mass is 10.1. The molecule has 0 atom stereocenters. The lowest BCUT2D eigenvalue weighted by Gasteiger charge is -2.09. The number of halogens is 1. The van der Waals surface area contributed by atoms with Crippen LogP contribution in [-0.4, -0.2) is 31.3 Å². The Bertz CT molecular complexity index is 1220. The van der Waals surface area contributed by atoms with E-state index in [1.54, 1.807) is 27.7 Å². The van der Waals surface area contributed by atoms with Gasteiger partial charge in [0.25, 0.3) is 0 Å². The highest BCUT2D eigenvalue weighted by atomic mass is 19.1. The highest BCUT2D eigenvalue weighted by Crippen LogP contribution is 2.28. The summed E-state index contributed by atoms with van der Waals surface area (Å²) >= 11 is 0. The quantitative estimate of drug-likeness (QED) is 0.547. The van der Waals surface area contributed by atoms with Crippen molar-refractivity contribution < 1.29 is 9.50 Å². The molecule has 2 aromatic carbocycles. The number of benzene rings is 2. The van der Waals surface area contributed by atoms with Gasteiger partial charge in [0.15, 0.2) is 0 Å². The van der Waals surface area contributed by atoms with Crippen LogP contribution in [0.15, 0.2) is 60.9 Å². The zero-order valence-electron chi connectivity index (χ0n) is 15.3. The molecule has 3 N–H and O–H groups in total. The summed E-state index contributed by atoms with van der Waals surface area (Å²) in [6, 6.07) is 15.5. The SMILES string of the molecule is N#Cc1ccc(-c2cc(N)nn2-c2cccc(-c3cnn(CCO)c3)c2)cc1F. The Labute approximate surface area is 166 Å². The number of aliphatic hydroxyl groups excluding tert-OH is 1. The molecular formula is C21H17FN6O. The smallest absolute Gasteiger partial charge is 0.146 e. The summed E-state index contributed by atoms with van der Waals surface area (Å²) in [6.07, 6.45) is 3.58. The van der Waals surface area contributed by atoms with Crippen LogP contribution in [0, 0.1) is 17.1 Å². The summed E-state index contributed by atoms with van der Waals surface area (Å²) in [7, 11) is 0. The molecule has 0 aliphatic heterocycles. The molecule has 8 heteroatoms. The van der Waals surface area contributed by atoms with Gasteiger partial charge in [0.05, 0.1) is 36.3 Å². The van der Waals surface area contributed by atoms with Gasteiger partial charge < -0.3 is 10.8 Å². The van der Waals surface area contributed by atoms with Crippen molar-refractivity contribution in [1.82, 2.24) is 19.6 Å². The third kappa shape index (κ3) is 3.59. The summed E-state index contributed by atoms with van der Waals surface area (Å²) < 4.78 is 17.4. The minimum Gasteiger partial charge on any atom is -0.394 e. The molecule has 0 fully saturated rings. The number of rotatable bonds is 5. The van der Waals surface area contributed by atoms with Gasteiger partial charge in [-0.2, -0.15) is 15.5 Å². The molecule has 0 amide bonds. The van der Waals surface area contributed by atoms with Crippen LogP contribution in [0.25, 0.3) is 28.1 Å². The zero-order valence-corrected chi connectivity index (χ0v) is 15.3. The minimum absolute atomic E-state index is 0.0121. The lowest BCUT2D eigenvalue weighted by Crippen LogP contribution is -2.01. The van der Waals surface area contributed by atoms with E-state index >= 15 is 0 Å². The van der Waals surface area contributed by atoms with E-state index in [9.17, 15) is 4.39 Å². The first-order chi connectivity index (χ1) is 14.1. The number of nitriles is 1. The van der Waals surface area contributed by atoms with Crippen LogP contribution in [0.2, 0.25) is 0 Å². The third-order valence-corrected chi connectivity index (χ3v) is 4.50. The summed E-state index contributed by atoms with van der Waals surface area (Å²) in [6.45, 7) is 0.433. The highest BCUT2D eigenvalue weighted by Gasteiger charge is 2.13. The number of hydrogen-bond acceptors (Lipinski definition) is 5. The first-order valence-corrected chi connectivity index (χ1v) is 8.89. The van der Waals surface area contributed by atoms with Crippen molar-refractivity contribution in [3.05, 3.63) is 72.3 Å². The number of nitrogen functional groups attached to an aromatic ring is 1. The molecule has 29 heavy (non-hydrogen) atoms. The number of hydrogen-bond donors (Lipinski definition) is 2. The third-order valence-electron chi connectivity index (χ3n) is 4.50. The van der Waals surface area contributed by atoms with Crippen LogP contribution in [0.4, 0.5) is 10.2 Å². The maximum atomic E-state index is 14.1. The topological polar surface area (TPSA) is 106 Å². The molecule has 0 radical (unpaired) electrons. The van der Waals surface area contributed by atoms with Crippen molar-refractivity contribution in [1.29, 1.82) is 5.26 Å². The van der Waals surface area contributed by atoms with Crippen LogP contribution < -0.4 is 5.73 Å². The fourth-order valence-electron chi connectivity index (χ4n) is 3.12. The monoisotopic (exact) mass is 388 g/mol. The van der Waals surface area contributed by atoms with Crippen molar-refractivity contribution >= 4 is 5.82 Å². The highest BCUT2D eigenvalue weighted by molar-refractivity contribution is 5.69. The average Bonchev–Trinajstić information content (AvgIpc) is 3.35. The van der Waals surface area contributed by atoms with Crippen molar-refractivity contribution in [2.45, 2.75) is 6.54 Å². The van der Waals surface area contributed by atoms with E-state index in [1.165, 1.54) is 12.1 Å². The second kappa shape index (κ2) is 7.58. The molecule has 2 heterocycles. The molecule has 0 aliphatic rings. The molecule has 0 saturated heterocycles. The zero-order chi connectivity index (χ0) is 20.4. The largest absolute Gasteiger partial charge is 0.394 e. The van der Waals surface area contributed by atoms with Crippen molar-refractivity contribution in [2.75, 3.05) is 12.3 Å². The molecule has 0 unspecified atom stereocenters. The van der Waals surface area contributed by atoms with Crippen LogP contribution in [0.3, 0.4) is 0 Å². The van der Waals surface area contributed by atoms with E-state index in [0.29, 0.717) is 23.6 Å². The van der Waals surface area contributed by atoms with E-state index in [0.717, 1.165) is 16.8 Å². The number of nitrogens with two attached hydrogens (primary N) is 1. The standard InChI is InChI=1S/C21H17FN6O/c22-19-9-15(4-5-16(19)11-23)20-10-21(24)26-28(20)18-3-1-2-14(8-18)17-12-25-27(13-17)6-7-29/h1-5,8-10,12-13,29H,6-7H2,(H2,24,26). The maximum Gasteiger partial charge on any atom is 0.146 e. The number of aliphatic hydroxyl groups is 1. The van der Waals surface area contributed by atoms with E-state index in [2.05, 4.69) is 10.2 Å². The van der Waals surface area contributed by atoms with Gasteiger partial charge in [-0.15, -0.1) is 0 Å². The Morgan fingerprint density at radius 1 is 1.10 bits per heavy atom. The van der Waals surface area contributed by atoms with Crippen molar-refractivity contribution in [3.63, 3.8) is 0 Å². The maximum absolute atomic E-state index is 14.1. The number of aromatic nitrogens is 4. The summed E-state index contributed by atoms with van der Waals surface area (Å²) in [4.78, 5) is 0. The Morgan fingerprint density at radius 3 is 2.72 bits per heavy atom. The molecule has 4 aromatic rings. The molecule has 0 saturated carbocycles. The Morgan fingerprint density at radius 2 is 1.97 bits per heavy atom. The van der Waals surface area contributed by atoms with Crippen LogP contribution in [-0.2, 0) is 6.54 Å².